The second kappa shape index (κ2) is 30.8. The first kappa shape index (κ1) is 68.8. The maximum atomic E-state index is 5.32. The summed E-state index contributed by atoms with van der Waals surface area (Å²) >= 11 is 5.40. The lowest BCUT2D eigenvalue weighted by Gasteiger charge is -2.28. The minimum atomic E-state index is 0.0452. The smallest absolute Gasteiger partial charge is 0.238 e. The van der Waals surface area contributed by atoms with E-state index in [0.29, 0.717) is 52.5 Å². The first-order valence-corrected chi connectivity index (χ1v) is 39.5. The lowest BCUT2D eigenvalue weighted by Crippen LogP contribution is -2.33. The Labute approximate surface area is 660 Å². The Bertz CT molecular complexity index is 6470. The van der Waals surface area contributed by atoms with Crippen LogP contribution in [-0.2, 0) is 0 Å². The van der Waals surface area contributed by atoms with Crippen molar-refractivity contribution in [3.05, 3.63) is 386 Å². The molecule has 5 aromatic heterocycles. The van der Waals surface area contributed by atoms with Gasteiger partial charge in [0.05, 0.1) is 22.1 Å². The van der Waals surface area contributed by atoms with Gasteiger partial charge in [-0.15, -0.1) is 23.1 Å². The average Bonchev–Trinajstić information content (AvgIpc) is 1.57. The predicted octanol–water partition coefficient (Wildman–Crippen LogP) is 24.1. The van der Waals surface area contributed by atoms with Crippen molar-refractivity contribution in [2.45, 2.75) is 32.4 Å². The highest BCUT2D eigenvalue weighted by molar-refractivity contribution is 8.01. The van der Waals surface area contributed by atoms with Gasteiger partial charge in [0.25, 0.3) is 0 Å². The predicted molar refractivity (Wildman–Crippen MR) is 459 cm³/mol. The second-order valence-corrected chi connectivity index (χ2v) is 30.5. The Morgan fingerprint density at radius 2 is 0.911 bits per heavy atom. The molecule has 112 heavy (non-hydrogen) atoms. The van der Waals surface area contributed by atoms with Gasteiger partial charge in [0.2, 0.25) is 5.95 Å². The number of rotatable bonds is 16. The molecule has 0 spiro atoms. The van der Waals surface area contributed by atoms with E-state index in [-0.39, 0.29) is 11.3 Å². The van der Waals surface area contributed by atoms with E-state index in [1.165, 1.54) is 42.1 Å². The van der Waals surface area contributed by atoms with Crippen LogP contribution in [0.5, 0.6) is 0 Å². The van der Waals surface area contributed by atoms with Crippen LogP contribution in [0.1, 0.15) is 34.0 Å². The first-order valence-electron chi connectivity index (χ1n) is 37.0. The minimum absolute atomic E-state index is 0.0452. The summed E-state index contributed by atoms with van der Waals surface area (Å²) in [7, 11) is 0. The first-order chi connectivity index (χ1) is 55.4. The van der Waals surface area contributed by atoms with Crippen molar-refractivity contribution in [3.63, 3.8) is 0 Å². The van der Waals surface area contributed by atoms with Crippen molar-refractivity contribution in [2.75, 3.05) is 0 Å². The Morgan fingerprint density at radius 1 is 0.429 bits per heavy atom. The van der Waals surface area contributed by atoms with Crippen LogP contribution in [0.15, 0.2) is 384 Å². The van der Waals surface area contributed by atoms with Crippen LogP contribution in [0, 0.1) is 0 Å². The summed E-state index contributed by atoms with van der Waals surface area (Å²) in [4.78, 5) is 55.3. The number of hydrogen-bond acceptors (Lipinski definition) is 14. The molecule has 0 bridgehead atoms. The SMILES string of the molecule is C1=C(C2=Nc3c(sc4ccccc34)C(c3ccccc3)N2)CC2Sc3cccc(-c4nc(-c5ccccc5)nc(-c5ccccc5)n4)c3C2=C1.C=C/C=C\c1cn(-c2nc(-c3ccccc3)nc(-c3ccccc3Sc3cccc(-c4nc(-c5ccccc5)nc(-c5ccc(-c6ccccc6)cc5)n4)c3)n2)c2ccccc12. The number of aliphatic imine (C=N–C) groups is 1. The maximum Gasteiger partial charge on any atom is 0.238 e. The largest absolute Gasteiger partial charge is 0.358 e. The highest BCUT2D eigenvalue weighted by atomic mass is 32.2. The van der Waals surface area contributed by atoms with Crippen LogP contribution in [0.2, 0.25) is 0 Å². The lowest BCUT2D eigenvalue weighted by molar-refractivity contribution is 0.760. The van der Waals surface area contributed by atoms with Crippen LogP contribution in [0.25, 0.3) is 141 Å². The molecule has 12 aromatic carbocycles. The van der Waals surface area contributed by atoms with Gasteiger partial charge in [-0.05, 0) is 70.7 Å². The van der Waals surface area contributed by atoms with E-state index in [4.69, 9.17) is 49.8 Å². The summed E-state index contributed by atoms with van der Waals surface area (Å²) < 4.78 is 3.31. The van der Waals surface area contributed by atoms with Crippen LogP contribution < -0.4 is 5.32 Å². The number of thiophene rings is 1. The highest BCUT2D eigenvalue weighted by Crippen LogP contribution is 2.53. The van der Waals surface area contributed by atoms with Crippen molar-refractivity contribution >= 4 is 79.0 Å². The molecule has 0 radical (unpaired) electrons. The molecule has 0 saturated carbocycles. The van der Waals surface area contributed by atoms with Crippen molar-refractivity contribution in [2.24, 2.45) is 4.99 Å². The number of allylic oxidation sites excluding steroid dienone is 4. The molecular formula is C97H66N12S3. The standard InChI is InChI=1S/C54H37N7S.C43H29N5S2/c1-2-3-18-43-36-61(47-29-15-13-27-45(43)47)54-59-51(40-23-11-6-12-24-40)58-53(60-54)46-28-14-16-30-48(46)62-44-26-17-25-42(35-44)52-56-49(39-21-9-5-10-22-39)55-50(57-52)41-33-31-38(32-34-41)37-19-7-4-8-20-37;1-4-13-26(14-5-1)37-39-38(31-19-10-11-21-33(31)50-39)45-42(44-37)29-23-24-30-35(25-29)49-34-22-12-20-32(36(30)34)43-47-40(27-15-6-2-7-16-27)46-41(48-43)28-17-8-3-9-18-28/h2-36H,1H2;1-24,35,37H,25H2,(H,44,45)/b18-3-;. The number of aromatic nitrogens is 10. The van der Waals surface area contributed by atoms with Crippen molar-refractivity contribution < 1.29 is 0 Å². The minimum Gasteiger partial charge on any atom is -0.358 e. The molecule has 7 heterocycles. The summed E-state index contributed by atoms with van der Waals surface area (Å²) in [5, 5.41) is 6.43. The fourth-order valence-corrected chi connectivity index (χ4v) is 18.1. The van der Waals surface area contributed by atoms with Gasteiger partial charge < -0.3 is 5.32 Å². The van der Waals surface area contributed by atoms with Crippen LogP contribution >= 0.6 is 34.9 Å². The van der Waals surface area contributed by atoms with Gasteiger partial charge in [-0.2, -0.15) is 9.97 Å². The molecule has 1 N–H and O–H groups in total. The number of nitrogens with zero attached hydrogens (tertiary/aromatic N) is 11. The number of para-hydroxylation sites is 1. The summed E-state index contributed by atoms with van der Waals surface area (Å²) in [5.74, 6) is 6.48. The van der Waals surface area contributed by atoms with Crippen molar-refractivity contribution in [1.82, 2.24) is 54.7 Å². The van der Waals surface area contributed by atoms with Gasteiger partial charge in [0.1, 0.15) is 5.84 Å². The highest BCUT2D eigenvalue weighted by Gasteiger charge is 2.36. The van der Waals surface area contributed by atoms with Gasteiger partial charge in [-0.1, -0.05) is 334 Å². The summed E-state index contributed by atoms with van der Waals surface area (Å²) in [6, 6.07) is 110. The van der Waals surface area contributed by atoms with Gasteiger partial charge >= 0.3 is 0 Å². The van der Waals surface area contributed by atoms with E-state index in [9.17, 15) is 0 Å². The zero-order valence-electron chi connectivity index (χ0n) is 60.3. The normalized spacial score (nSPS) is 14.1. The maximum absolute atomic E-state index is 5.32. The molecule has 0 amide bonds. The summed E-state index contributed by atoms with van der Waals surface area (Å²) in [5.41, 5.74) is 17.9. The molecule has 17 aromatic rings. The molecule has 0 saturated heterocycles. The van der Waals surface area contributed by atoms with Gasteiger partial charge in [0.15, 0.2) is 46.6 Å². The van der Waals surface area contributed by atoms with Crippen LogP contribution in [0.3, 0.4) is 0 Å². The Kier molecular flexibility index (Phi) is 18.9. The molecule has 3 aliphatic rings. The molecule has 2 aliphatic heterocycles. The second-order valence-electron chi connectivity index (χ2n) is 27.1. The number of nitrogens with one attached hydrogen (secondary N) is 1. The number of benzene rings is 12. The van der Waals surface area contributed by atoms with Crippen molar-refractivity contribution in [3.8, 4) is 108 Å². The van der Waals surface area contributed by atoms with Gasteiger partial charge in [-0.25, -0.2) is 39.9 Å². The number of hydrogen-bond donors (Lipinski definition) is 1. The van der Waals surface area contributed by atoms with Gasteiger partial charge in [-0.3, -0.25) is 4.57 Å². The molecule has 2 atom stereocenters. The Morgan fingerprint density at radius 3 is 1.55 bits per heavy atom. The summed E-state index contributed by atoms with van der Waals surface area (Å²) in [6.07, 6.45) is 13.3. The van der Waals surface area contributed by atoms with E-state index in [1.54, 1.807) is 17.8 Å². The fourth-order valence-electron chi connectivity index (χ4n) is 14.5. The number of thioether (sulfide) groups is 1. The van der Waals surface area contributed by atoms with E-state index in [0.717, 1.165) is 99.8 Å². The zero-order valence-corrected chi connectivity index (χ0v) is 62.7. The van der Waals surface area contributed by atoms with Crippen LogP contribution in [0.4, 0.5) is 5.69 Å². The average molecular weight is 1500 g/mol. The summed E-state index contributed by atoms with van der Waals surface area (Å²) in [6.45, 7) is 3.87. The van der Waals surface area contributed by atoms with Crippen LogP contribution in [-0.4, -0.2) is 60.5 Å². The topological polar surface area (TPSA) is 145 Å². The number of fused-ring (bicyclic) bond motifs is 7. The molecule has 0 fully saturated rings. The van der Waals surface area contributed by atoms with E-state index in [2.05, 4.69) is 218 Å². The monoisotopic (exact) mass is 1490 g/mol. The van der Waals surface area contributed by atoms with E-state index in [1.807, 2.05) is 173 Å². The van der Waals surface area contributed by atoms with Crippen molar-refractivity contribution in [1.29, 1.82) is 0 Å². The Hall–Kier alpha value is -13.7. The lowest BCUT2D eigenvalue weighted by atomic mass is 9.89. The third-order valence-corrected chi connectivity index (χ3v) is 23.5. The quantitative estimate of drug-likeness (QED) is 0.0919. The molecule has 15 heteroatoms. The molecule has 12 nitrogen and oxygen atoms in total. The molecular weight excluding hydrogens is 1430 g/mol. The molecule has 1 aliphatic carbocycles. The van der Waals surface area contributed by atoms with Gasteiger partial charge in [0, 0.05) is 97.2 Å². The Balaban J connectivity index is 0.000000154. The fraction of sp³-hybridized carbons (Fsp3) is 0.0309. The molecule has 2 unspecified atom stereocenters. The molecule has 20 rings (SSSR count). The third-order valence-electron chi connectivity index (χ3n) is 19.9. The van der Waals surface area contributed by atoms with E-state index >= 15 is 0 Å². The number of amidine groups is 1. The third kappa shape index (κ3) is 14.0. The van der Waals surface area contributed by atoms with E-state index < -0.39 is 0 Å². The molecule has 532 valence electrons. The zero-order chi connectivity index (χ0) is 74.7.